The summed E-state index contributed by atoms with van der Waals surface area (Å²) in [4.78, 5) is 4.15. The van der Waals surface area contributed by atoms with Crippen LogP contribution in [0.1, 0.15) is 43.5 Å². The van der Waals surface area contributed by atoms with Crippen LogP contribution in [-0.2, 0) is 0 Å². The summed E-state index contributed by atoms with van der Waals surface area (Å²) in [5.74, 6) is 0. The predicted octanol–water partition coefficient (Wildman–Crippen LogP) is 2.14. The van der Waals surface area contributed by atoms with Crippen LogP contribution in [0.25, 0.3) is 0 Å². The highest BCUT2D eigenvalue weighted by molar-refractivity contribution is 5.27. The Labute approximate surface area is 84.6 Å². The van der Waals surface area contributed by atoms with E-state index in [4.69, 9.17) is 11.0 Å². The van der Waals surface area contributed by atoms with Gasteiger partial charge in [0.15, 0.2) is 0 Å². The molecule has 1 heterocycles. The van der Waals surface area contributed by atoms with Crippen LogP contribution in [0.15, 0.2) is 18.3 Å². The van der Waals surface area contributed by atoms with Gasteiger partial charge in [-0.1, -0.05) is 19.8 Å². The summed E-state index contributed by atoms with van der Waals surface area (Å²) in [6.45, 7) is 2.14. The van der Waals surface area contributed by atoms with Gasteiger partial charge < -0.3 is 5.73 Å². The van der Waals surface area contributed by atoms with Crippen molar-refractivity contribution in [1.29, 1.82) is 5.26 Å². The summed E-state index contributed by atoms with van der Waals surface area (Å²) in [5.41, 5.74) is 7.38. The third kappa shape index (κ3) is 2.82. The zero-order chi connectivity index (χ0) is 10.4. The predicted molar refractivity (Wildman–Crippen MR) is 55.4 cm³/mol. The highest BCUT2D eigenvalue weighted by Gasteiger charge is 2.06. The second-order valence-corrected chi connectivity index (χ2v) is 3.33. The molecule has 3 nitrogen and oxygen atoms in total. The lowest BCUT2D eigenvalue weighted by Crippen LogP contribution is -2.11. The van der Waals surface area contributed by atoms with Crippen molar-refractivity contribution in [1.82, 2.24) is 4.98 Å². The first-order valence-electron chi connectivity index (χ1n) is 4.89. The first kappa shape index (κ1) is 10.7. The molecule has 0 aliphatic carbocycles. The third-order valence-corrected chi connectivity index (χ3v) is 2.16. The summed E-state index contributed by atoms with van der Waals surface area (Å²) >= 11 is 0. The van der Waals surface area contributed by atoms with Crippen molar-refractivity contribution in [2.75, 3.05) is 0 Å². The molecule has 3 heteroatoms. The maximum Gasteiger partial charge on any atom is 0.101 e. The lowest BCUT2D eigenvalue weighted by molar-refractivity contribution is 0.590. The zero-order valence-corrected chi connectivity index (χ0v) is 8.40. The molecular formula is C11H15N3. The molecule has 0 amide bonds. The Balaban J connectivity index is 2.63. The van der Waals surface area contributed by atoms with E-state index in [9.17, 15) is 0 Å². The molecular weight excluding hydrogens is 174 g/mol. The largest absolute Gasteiger partial charge is 0.323 e. The highest BCUT2D eigenvalue weighted by Crippen LogP contribution is 2.14. The van der Waals surface area contributed by atoms with Crippen LogP contribution in [0.4, 0.5) is 0 Å². The fourth-order valence-corrected chi connectivity index (χ4v) is 1.26. The average molecular weight is 189 g/mol. The van der Waals surface area contributed by atoms with Crippen molar-refractivity contribution < 1.29 is 0 Å². The van der Waals surface area contributed by atoms with Crippen LogP contribution in [0.2, 0.25) is 0 Å². The second-order valence-electron chi connectivity index (χ2n) is 3.33. The van der Waals surface area contributed by atoms with Gasteiger partial charge >= 0.3 is 0 Å². The van der Waals surface area contributed by atoms with Gasteiger partial charge in [0.1, 0.15) is 6.07 Å². The molecule has 74 valence electrons. The van der Waals surface area contributed by atoms with Gasteiger partial charge in [-0.2, -0.15) is 5.26 Å². The summed E-state index contributed by atoms with van der Waals surface area (Å²) in [5, 5.41) is 8.59. The number of aromatic nitrogens is 1. The summed E-state index contributed by atoms with van der Waals surface area (Å²) < 4.78 is 0. The molecule has 1 atom stereocenters. The fraction of sp³-hybridized carbons (Fsp3) is 0.455. The van der Waals surface area contributed by atoms with Crippen LogP contribution in [-0.4, -0.2) is 4.98 Å². The van der Waals surface area contributed by atoms with Gasteiger partial charge in [-0.05, 0) is 18.6 Å². The van der Waals surface area contributed by atoms with Crippen LogP contribution in [0.3, 0.4) is 0 Å². The normalized spacial score (nSPS) is 12.1. The maximum absolute atomic E-state index is 8.59. The number of hydrogen-bond donors (Lipinski definition) is 1. The number of nitriles is 1. The number of hydrogen-bond acceptors (Lipinski definition) is 3. The van der Waals surface area contributed by atoms with E-state index in [0.29, 0.717) is 5.56 Å². The van der Waals surface area contributed by atoms with Crippen LogP contribution in [0, 0.1) is 11.3 Å². The molecule has 0 aliphatic rings. The molecule has 1 unspecified atom stereocenters. The summed E-state index contributed by atoms with van der Waals surface area (Å²) in [6, 6.07) is 5.63. The fourth-order valence-electron chi connectivity index (χ4n) is 1.26. The number of unbranched alkanes of at least 4 members (excludes halogenated alkanes) is 1. The van der Waals surface area contributed by atoms with E-state index in [1.807, 2.05) is 12.1 Å². The molecule has 0 radical (unpaired) electrons. The van der Waals surface area contributed by atoms with E-state index >= 15 is 0 Å². The Morgan fingerprint density at radius 3 is 2.86 bits per heavy atom. The SMILES string of the molecule is CCCCC(N)c1ccc(C#N)cn1. The van der Waals surface area contributed by atoms with Gasteiger partial charge in [-0.15, -0.1) is 0 Å². The van der Waals surface area contributed by atoms with Crippen molar-refractivity contribution in [3.8, 4) is 6.07 Å². The number of nitrogens with zero attached hydrogens (tertiary/aromatic N) is 2. The molecule has 0 aliphatic heterocycles. The first-order chi connectivity index (χ1) is 6.77. The quantitative estimate of drug-likeness (QED) is 0.789. The Morgan fingerprint density at radius 1 is 1.57 bits per heavy atom. The van der Waals surface area contributed by atoms with Gasteiger partial charge in [-0.3, -0.25) is 4.98 Å². The molecule has 14 heavy (non-hydrogen) atoms. The van der Waals surface area contributed by atoms with Gasteiger partial charge in [0.25, 0.3) is 0 Å². The molecule has 1 aromatic rings. The molecule has 0 bridgehead atoms. The van der Waals surface area contributed by atoms with E-state index in [1.165, 1.54) is 0 Å². The highest BCUT2D eigenvalue weighted by atomic mass is 14.8. The topological polar surface area (TPSA) is 62.7 Å². The standard InChI is InChI=1S/C11H15N3/c1-2-3-4-10(13)11-6-5-9(7-12)8-14-11/h5-6,8,10H,2-4,13H2,1H3. The number of pyridine rings is 1. The summed E-state index contributed by atoms with van der Waals surface area (Å²) in [7, 11) is 0. The first-order valence-corrected chi connectivity index (χ1v) is 4.89. The molecule has 1 aromatic heterocycles. The molecule has 0 spiro atoms. The van der Waals surface area contributed by atoms with Crippen molar-refractivity contribution in [3.63, 3.8) is 0 Å². The average Bonchev–Trinajstić information content (AvgIpc) is 2.26. The zero-order valence-electron chi connectivity index (χ0n) is 8.40. The number of rotatable bonds is 4. The van der Waals surface area contributed by atoms with Crippen molar-refractivity contribution >= 4 is 0 Å². The van der Waals surface area contributed by atoms with E-state index < -0.39 is 0 Å². The van der Waals surface area contributed by atoms with Gasteiger partial charge in [0.05, 0.1) is 11.3 Å². The smallest absolute Gasteiger partial charge is 0.101 e. The minimum atomic E-state index is 0.00249. The van der Waals surface area contributed by atoms with E-state index in [0.717, 1.165) is 25.0 Å². The third-order valence-electron chi connectivity index (χ3n) is 2.16. The van der Waals surface area contributed by atoms with E-state index in [-0.39, 0.29) is 6.04 Å². The molecule has 2 N–H and O–H groups in total. The Kier molecular flexibility index (Phi) is 4.09. The van der Waals surface area contributed by atoms with Crippen molar-refractivity contribution in [2.45, 2.75) is 32.2 Å². The lowest BCUT2D eigenvalue weighted by Gasteiger charge is -2.09. The minimum absolute atomic E-state index is 0.00249. The molecule has 1 rings (SSSR count). The summed E-state index contributed by atoms with van der Waals surface area (Å²) in [6.07, 6.45) is 4.78. The minimum Gasteiger partial charge on any atom is -0.323 e. The van der Waals surface area contributed by atoms with E-state index in [2.05, 4.69) is 11.9 Å². The van der Waals surface area contributed by atoms with Crippen LogP contribution in [0.5, 0.6) is 0 Å². The van der Waals surface area contributed by atoms with Crippen molar-refractivity contribution in [3.05, 3.63) is 29.6 Å². The molecule has 0 fully saturated rings. The van der Waals surface area contributed by atoms with E-state index in [1.54, 1.807) is 12.3 Å². The van der Waals surface area contributed by atoms with Gasteiger partial charge in [0, 0.05) is 12.2 Å². The number of nitrogens with two attached hydrogens (primary N) is 1. The molecule has 0 saturated heterocycles. The van der Waals surface area contributed by atoms with Gasteiger partial charge in [-0.25, -0.2) is 0 Å². The maximum atomic E-state index is 8.59. The Bertz CT molecular complexity index is 310. The Hall–Kier alpha value is -1.40. The Morgan fingerprint density at radius 2 is 2.36 bits per heavy atom. The molecule has 0 saturated carbocycles. The van der Waals surface area contributed by atoms with Gasteiger partial charge in [0.2, 0.25) is 0 Å². The second kappa shape index (κ2) is 5.36. The van der Waals surface area contributed by atoms with Crippen molar-refractivity contribution in [2.24, 2.45) is 5.73 Å². The monoisotopic (exact) mass is 189 g/mol. The molecule has 0 aromatic carbocycles. The van der Waals surface area contributed by atoms with Crippen LogP contribution < -0.4 is 5.73 Å². The lowest BCUT2D eigenvalue weighted by atomic mass is 10.1. The van der Waals surface area contributed by atoms with Crippen LogP contribution >= 0.6 is 0 Å².